The second-order valence-corrected chi connectivity index (χ2v) is 5.49. The summed E-state index contributed by atoms with van der Waals surface area (Å²) >= 11 is 0. The van der Waals surface area contributed by atoms with Crippen molar-refractivity contribution in [3.63, 3.8) is 0 Å². The molecule has 5 heteroatoms. The Balaban J connectivity index is 0.00000147. The molecule has 1 N–H and O–H groups in total. The molecule has 1 fully saturated rings. The Morgan fingerprint density at radius 2 is 1.80 bits per heavy atom. The third kappa shape index (κ3) is 3.38. The molecule has 1 saturated carbocycles. The Hall–Kier alpha value is -1.39. The fourth-order valence-electron chi connectivity index (χ4n) is 2.38. The van der Waals surface area contributed by atoms with Crippen molar-refractivity contribution in [1.29, 1.82) is 0 Å². The summed E-state index contributed by atoms with van der Waals surface area (Å²) in [5.41, 5.74) is 3.61. The molecule has 0 bridgehead atoms. The lowest BCUT2D eigenvalue weighted by Crippen LogP contribution is -2.19. The van der Waals surface area contributed by atoms with Crippen molar-refractivity contribution in [1.82, 2.24) is 20.1 Å². The van der Waals surface area contributed by atoms with Crippen LogP contribution in [0.4, 0.5) is 0 Å². The third-order valence-corrected chi connectivity index (χ3v) is 3.36. The zero-order valence-corrected chi connectivity index (χ0v) is 13.0. The van der Waals surface area contributed by atoms with E-state index in [9.17, 15) is 0 Å². The van der Waals surface area contributed by atoms with E-state index in [-0.39, 0.29) is 12.4 Å². The standard InChI is InChI=1S/C15H20N4.ClH/c1-10-6-11(2)8-14(7-10)19-15(17-12(3)18-19)9-16-13-4-5-13;/h6-8,13,16H,4-5,9H2,1-3H3;1H. The van der Waals surface area contributed by atoms with Gasteiger partial charge < -0.3 is 5.32 Å². The first-order valence-corrected chi connectivity index (χ1v) is 6.86. The maximum absolute atomic E-state index is 4.54. The fraction of sp³-hybridized carbons (Fsp3) is 0.467. The number of rotatable bonds is 4. The van der Waals surface area contributed by atoms with E-state index in [1.165, 1.54) is 24.0 Å². The minimum absolute atomic E-state index is 0. The van der Waals surface area contributed by atoms with E-state index in [4.69, 9.17) is 0 Å². The second kappa shape index (κ2) is 5.94. The van der Waals surface area contributed by atoms with Gasteiger partial charge in [0.1, 0.15) is 11.6 Å². The molecule has 2 aromatic rings. The van der Waals surface area contributed by atoms with Crippen molar-refractivity contribution in [3.05, 3.63) is 41.0 Å². The van der Waals surface area contributed by atoms with Gasteiger partial charge in [-0.15, -0.1) is 12.4 Å². The topological polar surface area (TPSA) is 42.7 Å². The minimum Gasteiger partial charge on any atom is -0.307 e. The summed E-state index contributed by atoms with van der Waals surface area (Å²) in [6, 6.07) is 7.17. The number of benzene rings is 1. The lowest BCUT2D eigenvalue weighted by Gasteiger charge is -2.08. The molecule has 1 heterocycles. The Bertz CT molecular complexity index is 582. The maximum Gasteiger partial charge on any atom is 0.148 e. The molecule has 0 aliphatic heterocycles. The number of halogens is 1. The summed E-state index contributed by atoms with van der Waals surface area (Å²) in [5, 5.41) is 8.03. The van der Waals surface area contributed by atoms with E-state index in [1.807, 2.05) is 11.6 Å². The van der Waals surface area contributed by atoms with Gasteiger partial charge in [-0.05, 0) is 56.9 Å². The van der Waals surface area contributed by atoms with Gasteiger partial charge in [-0.25, -0.2) is 9.67 Å². The maximum atomic E-state index is 4.54. The highest BCUT2D eigenvalue weighted by Gasteiger charge is 2.21. The van der Waals surface area contributed by atoms with Gasteiger partial charge >= 0.3 is 0 Å². The van der Waals surface area contributed by atoms with Crippen LogP contribution in [0.15, 0.2) is 18.2 Å². The van der Waals surface area contributed by atoms with Crippen LogP contribution in [0.2, 0.25) is 0 Å². The molecular weight excluding hydrogens is 272 g/mol. The zero-order valence-electron chi connectivity index (χ0n) is 12.2. The lowest BCUT2D eigenvalue weighted by molar-refractivity contribution is 0.637. The molecule has 0 spiro atoms. The minimum atomic E-state index is 0. The van der Waals surface area contributed by atoms with Crippen molar-refractivity contribution in [2.24, 2.45) is 0 Å². The van der Waals surface area contributed by atoms with Crippen molar-refractivity contribution in [2.75, 3.05) is 0 Å². The monoisotopic (exact) mass is 292 g/mol. The molecule has 0 amide bonds. The smallest absolute Gasteiger partial charge is 0.148 e. The molecule has 1 aliphatic rings. The Morgan fingerprint density at radius 1 is 1.15 bits per heavy atom. The van der Waals surface area contributed by atoms with Gasteiger partial charge in [0, 0.05) is 6.04 Å². The van der Waals surface area contributed by atoms with Crippen LogP contribution in [0.5, 0.6) is 0 Å². The number of hydrogen-bond acceptors (Lipinski definition) is 3. The molecule has 0 saturated heterocycles. The number of nitrogens with one attached hydrogen (secondary N) is 1. The van der Waals surface area contributed by atoms with Crippen LogP contribution >= 0.6 is 12.4 Å². The van der Waals surface area contributed by atoms with Gasteiger partial charge in [0.15, 0.2) is 0 Å². The van der Waals surface area contributed by atoms with Gasteiger partial charge in [0.25, 0.3) is 0 Å². The first kappa shape index (κ1) is 15.0. The van der Waals surface area contributed by atoms with Crippen LogP contribution in [0.1, 0.15) is 35.6 Å². The third-order valence-electron chi connectivity index (χ3n) is 3.36. The highest BCUT2D eigenvalue weighted by atomic mass is 35.5. The molecule has 4 nitrogen and oxygen atoms in total. The average Bonchev–Trinajstić information content (AvgIpc) is 3.08. The van der Waals surface area contributed by atoms with Crippen molar-refractivity contribution >= 4 is 12.4 Å². The van der Waals surface area contributed by atoms with E-state index < -0.39 is 0 Å². The van der Waals surface area contributed by atoms with Gasteiger partial charge in [0.2, 0.25) is 0 Å². The zero-order chi connectivity index (χ0) is 13.4. The van der Waals surface area contributed by atoms with E-state index in [2.05, 4.69) is 47.4 Å². The summed E-state index contributed by atoms with van der Waals surface area (Å²) in [6.45, 7) is 6.96. The van der Waals surface area contributed by atoms with E-state index in [0.29, 0.717) is 6.04 Å². The van der Waals surface area contributed by atoms with E-state index in [1.54, 1.807) is 0 Å². The Kier molecular flexibility index (Phi) is 4.45. The van der Waals surface area contributed by atoms with Crippen LogP contribution in [0, 0.1) is 20.8 Å². The SMILES string of the molecule is Cc1cc(C)cc(-n2nc(C)nc2CNC2CC2)c1.Cl. The van der Waals surface area contributed by atoms with Gasteiger partial charge in [-0.2, -0.15) is 5.10 Å². The summed E-state index contributed by atoms with van der Waals surface area (Å²) in [6.07, 6.45) is 2.58. The summed E-state index contributed by atoms with van der Waals surface area (Å²) < 4.78 is 1.96. The molecule has 1 aromatic carbocycles. The first-order chi connectivity index (χ1) is 9.11. The average molecular weight is 293 g/mol. The number of hydrogen-bond donors (Lipinski definition) is 1. The lowest BCUT2D eigenvalue weighted by atomic mass is 10.1. The van der Waals surface area contributed by atoms with Gasteiger partial charge in [-0.3, -0.25) is 0 Å². The van der Waals surface area contributed by atoms with Crippen molar-refractivity contribution < 1.29 is 0 Å². The van der Waals surface area contributed by atoms with Gasteiger partial charge in [0.05, 0.1) is 12.2 Å². The largest absolute Gasteiger partial charge is 0.307 e. The molecule has 0 atom stereocenters. The molecule has 1 aliphatic carbocycles. The predicted octanol–water partition coefficient (Wildman–Crippen LogP) is 2.87. The Morgan fingerprint density at radius 3 is 2.40 bits per heavy atom. The number of aryl methyl sites for hydroxylation is 3. The van der Waals surface area contributed by atoms with Crippen LogP contribution in [0.3, 0.4) is 0 Å². The molecule has 3 rings (SSSR count). The van der Waals surface area contributed by atoms with Crippen molar-refractivity contribution in [2.45, 2.75) is 46.2 Å². The predicted molar refractivity (Wildman–Crippen MR) is 82.7 cm³/mol. The summed E-state index contributed by atoms with van der Waals surface area (Å²) in [4.78, 5) is 4.54. The van der Waals surface area contributed by atoms with E-state index >= 15 is 0 Å². The summed E-state index contributed by atoms with van der Waals surface area (Å²) in [5.74, 6) is 1.82. The normalized spacial score (nSPS) is 14.2. The van der Waals surface area contributed by atoms with Crippen LogP contribution < -0.4 is 5.32 Å². The molecular formula is C15H21ClN4. The number of aromatic nitrogens is 3. The molecule has 108 valence electrons. The number of nitrogens with zero attached hydrogens (tertiary/aromatic N) is 3. The quantitative estimate of drug-likeness (QED) is 0.942. The molecule has 0 unspecified atom stereocenters. The molecule has 20 heavy (non-hydrogen) atoms. The molecule has 1 aromatic heterocycles. The van der Waals surface area contributed by atoms with Crippen LogP contribution in [-0.4, -0.2) is 20.8 Å². The Labute approximate surface area is 126 Å². The summed E-state index contributed by atoms with van der Waals surface area (Å²) in [7, 11) is 0. The first-order valence-electron chi connectivity index (χ1n) is 6.86. The van der Waals surface area contributed by atoms with Gasteiger partial charge in [-0.1, -0.05) is 6.07 Å². The van der Waals surface area contributed by atoms with Crippen LogP contribution in [0.25, 0.3) is 5.69 Å². The van der Waals surface area contributed by atoms with E-state index in [0.717, 1.165) is 23.9 Å². The molecule has 0 radical (unpaired) electrons. The van der Waals surface area contributed by atoms with Crippen molar-refractivity contribution in [3.8, 4) is 5.69 Å². The second-order valence-electron chi connectivity index (χ2n) is 5.49. The van der Waals surface area contributed by atoms with Crippen LogP contribution in [-0.2, 0) is 6.54 Å². The highest BCUT2D eigenvalue weighted by Crippen LogP contribution is 2.20. The highest BCUT2D eigenvalue weighted by molar-refractivity contribution is 5.85. The fourth-order valence-corrected chi connectivity index (χ4v) is 2.38.